The summed E-state index contributed by atoms with van der Waals surface area (Å²) >= 11 is 0. The van der Waals surface area contributed by atoms with Gasteiger partial charge < -0.3 is 20.1 Å². The summed E-state index contributed by atoms with van der Waals surface area (Å²) in [6.07, 6.45) is -0.720. The van der Waals surface area contributed by atoms with Gasteiger partial charge in [0.25, 0.3) is 0 Å². The first-order valence-corrected chi connectivity index (χ1v) is 5.87. The maximum atomic E-state index is 11.7. The van der Waals surface area contributed by atoms with Crippen molar-refractivity contribution >= 4 is 11.8 Å². The van der Waals surface area contributed by atoms with Gasteiger partial charge in [-0.2, -0.15) is 0 Å². The van der Waals surface area contributed by atoms with Crippen molar-refractivity contribution in [1.29, 1.82) is 0 Å². The average Bonchev–Trinajstić information content (AvgIpc) is 2.23. The number of hydrogen-bond acceptors (Lipinski definition) is 4. The second kappa shape index (κ2) is 7.33. The zero-order valence-electron chi connectivity index (χ0n) is 11.8. The van der Waals surface area contributed by atoms with E-state index >= 15 is 0 Å². The number of carbonyl (C=O) groups excluding carboxylic acids is 2. The quantitative estimate of drug-likeness (QED) is 0.682. The Morgan fingerprint density at radius 3 is 2.39 bits per heavy atom. The Hall–Kier alpha value is -1.14. The molecular formula is C12H24N2O4. The molecule has 18 heavy (non-hydrogen) atoms. The highest BCUT2D eigenvalue weighted by molar-refractivity contribution is 5.87. The largest absolute Gasteiger partial charge is 0.389 e. The average molecular weight is 260 g/mol. The molecule has 0 aliphatic rings. The van der Waals surface area contributed by atoms with E-state index in [0.717, 1.165) is 0 Å². The molecule has 2 N–H and O–H groups in total. The van der Waals surface area contributed by atoms with Gasteiger partial charge in [-0.3, -0.25) is 9.59 Å². The SMILES string of the molecule is COCC(O)CN(C)C(=O)CNC(=O)C(C)(C)C. The van der Waals surface area contributed by atoms with Crippen LogP contribution in [0.15, 0.2) is 0 Å². The molecule has 6 heteroatoms. The molecule has 0 aliphatic carbocycles. The minimum Gasteiger partial charge on any atom is -0.389 e. The molecule has 0 aromatic carbocycles. The number of nitrogens with one attached hydrogen (secondary N) is 1. The highest BCUT2D eigenvalue weighted by Crippen LogP contribution is 2.11. The molecule has 106 valence electrons. The molecule has 0 rings (SSSR count). The van der Waals surface area contributed by atoms with E-state index < -0.39 is 11.5 Å². The standard InChI is InChI=1S/C12H24N2O4/c1-12(2,3)11(17)13-6-10(16)14(4)7-9(15)8-18-5/h9,15H,6-8H2,1-5H3,(H,13,17). The Morgan fingerprint density at radius 1 is 1.39 bits per heavy atom. The van der Waals surface area contributed by atoms with Crippen LogP contribution in [0, 0.1) is 5.41 Å². The van der Waals surface area contributed by atoms with Crippen LogP contribution in [0.4, 0.5) is 0 Å². The van der Waals surface area contributed by atoms with E-state index in [9.17, 15) is 14.7 Å². The van der Waals surface area contributed by atoms with Crippen molar-refractivity contribution in [2.75, 3.05) is 33.9 Å². The van der Waals surface area contributed by atoms with E-state index in [1.165, 1.54) is 12.0 Å². The van der Waals surface area contributed by atoms with Gasteiger partial charge in [-0.25, -0.2) is 0 Å². The van der Waals surface area contributed by atoms with E-state index in [1.54, 1.807) is 27.8 Å². The molecule has 1 unspecified atom stereocenters. The Bertz CT molecular complexity index is 286. The monoisotopic (exact) mass is 260 g/mol. The molecule has 0 fully saturated rings. The number of amides is 2. The van der Waals surface area contributed by atoms with Gasteiger partial charge >= 0.3 is 0 Å². The van der Waals surface area contributed by atoms with E-state index in [1.807, 2.05) is 0 Å². The molecule has 0 spiro atoms. The third-order valence-electron chi connectivity index (χ3n) is 2.35. The number of likely N-dealkylation sites (N-methyl/N-ethyl adjacent to an activating group) is 1. The maximum Gasteiger partial charge on any atom is 0.241 e. The second-order valence-corrected chi connectivity index (χ2v) is 5.32. The molecule has 1 atom stereocenters. The summed E-state index contributed by atoms with van der Waals surface area (Å²) in [7, 11) is 3.05. The minimum absolute atomic E-state index is 0.0632. The van der Waals surface area contributed by atoms with Gasteiger partial charge in [0.1, 0.15) is 0 Å². The molecule has 0 radical (unpaired) electrons. The summed E-state index contributed by atoms with van der Waals surface area (Å²) < 4.78 is 4.77. The van der Waals surface area contributed by atoms with Crippen molar-refractivity contribution in [1.82, 2.24) is 10.2 Å². The highest BCUT2D eigenvalue weighted by atomic mass is 16.5. The first kappa shape index (κ1) is 16.9. The molecule has 0 aliphatic heterocycles. The third kappa shape index (κ3) is 6.56. The lowest BCUT2D eigenvalue weighted by Crippen LogP contribution is -2.44. The fourth-order valence-corrected chi connectivity index (χ4v) is 1.22. The summed E-state index contributed by atoms with van der Waals surface area (Å²) in [6.45, 7) is 5.62. The smallest absolute Gasteiger partial charge is 0.241 e. The fourth-order valence-electron chi connectivity index (χ4n) is 1.22. The van der Waals surface area contributed by atoms with Crippen LogP contribution >= 0.6 is 0 Å². The number of hydrogen-bond donors (Lipinski definition) is 2. The number of aliphatic hydroxyl groups excluding tert-OH is 1. The van der Waals surface area contributed by atoms with Gasteiger partial charge in [0.15, 0.2) is 0 Å². The van der Waals surface area contributed by atoms with Crippen molar-refractivity contribution < 1.29 is 19.4 Å². The molecular weight excluding hydrogens is 236 g/mol. The lowest BCUT2D eigenvalue weighted by molar-refractivity contribution is -0.135. The molecule has 0 saturated heterocycles. The zero-order chi connectivity index (χ0) is 14.3. The minimum atomic E-state index is -0.720. The van der Waals surface area contributed by atoms with Crippen LogP contribution in [0.2, 0.25) is 0 Å². The van der Waals surface area contributed by atoms with Gasteiger partial charge in [0.2, 0.25) is 11.8 Å². The summed E-state index contributed by atoms with van der Waals surface area (Å²) in [6, 6.07) is 0. The van der Waals surface area contributed by atoms with Crippen LogP contribution in [-0.4, -0.2) is 61.8 Å². The molecule has 0 bridgehead atoms. The fraction of sp³-hybridized carbons (Fsp3) is 0.833. The molecule has 0 aromatic heterocycles. The van der Waals surface area contributed by atoms with Crippen molar-refractivity contribution in [3.8, 4) is 0 Å². The van der Waals surface area contributed by atoms with E-state index in [2.05, 4.69) is 5.32 Å². The Kier molecular flexibility index (Phi) is 6.86. The van der Waals surface area contributed by atoms with Crippen LogP contribution in [0.5, 0.6) is 0 Å². The Balaban J connectivity index is 4.06. The van der Waals surface area contributed by atoms with E-state index in [4.69, 9.17) is 4.74 Å². The van der Waals surface area contributed by atoms with Crippen molar-refractivity contribution in [2.24, 2.45) is 5.41 Å². The lowest BCUT2D eigenvalue weighted by Gasteiger charge is -2.22. The summed E-state index contributed by atoms with van der Waals surface area (Å²) in [4.78, 5) is 24.6. The van der Waals surface area contributed by atoms with Crippen molar-refractivity contribution in [3.63, 3.8) is 0 Å². The Morgan fingerprint density at radius 2 is 1.94 bits per heavy atom. The molecule has 0 heterocycles. The molecule has 0 aromatic rings. The number of nitrogens with zero attached hydrogens (tertiary/aromatic N) is 1. The number of ether oxygens (including phenoxy) is 1. The number of aliphatic hydroxyl groups is 1. The van der Waals surface area contributed by atoms with E-state index in [0.29, 0.717) is 0 Å². The second-order valence-electron chi connectivity index (χ2n) is 5.32. The van der Waals surface area contributed by atoms with Crippen molar-refractivity contribution in [2.45, 2.75) is 26.9 Å². The van der Waals surface area contributed by atoms with Gasteiger partial charge in [-0.15, -0.1) is 0 Å². The topological polar surface area (TPSA) is 78.9 Å². The predicted molar refractivity (Wildman–Crippen MR) is 68.0 cm³/mol. The van der Waals surface area contributed by atoms with Gasteiger partial charge in [0, 0.05) is 26.1 Å². The summed E-state index contributed by atoms with van der Waals surface area (Å²) in [5.41, 5.74) is -0.519. The maximum absolute atomic E-state index is 11.7. The summed E-state index contributed by atoms with van der Waals surface area (Å²) in [5.74, 6) is -0.426. The van der Waals surface area contributed by atoms with Crippen LogP contribution in [0.1, 0.15) is 20.8 Å². The number of rotatable bonds is 6. The first-order chi connectivity index (χ1) is 8.18. The van der Waals surface area contributed by atoms with Crippen LogP contribution in [0.25, 0.3) is 0 Å². The van der Waals surface area contributed by atoms with Crippen LogP contribution in [-0.2, 0) is 14.3 Å². The normalized spacial score (nSPS) is 13.0. The highest BCUT2D eigenvalue weighted by Gasteiger charge is 2.22. The predicted octanol–water partition coefficient (Wildman–Crippen LogP) is -0.386. The van der Waals surface area contributed by atoms with E-state index in [-0.39, 0.29) is 31.5 Å². The number of methoxy groups -OCH3 is 1. The van der Waals surface area contributed by atoms with Gasteiger partial charge in [-0.1, -0.05) is 20.8 Å². The Labute approximate surface area is 108 Å². The van der Waals surface area contributed by atoms with Crippen LogP contribution in [0.3, 0.4) is 0 Å². The molecule has 2 amide bonds. The molecule has 0 saturated carbocycles. The third-order valence-corrected chi connectivity index (χ3v) is 2.35. The van der Waals surface area contributed by atoms with Gasteiger partial charge in [0.05, 0.1) is 19.3 Å². The van der Waals surface area contributed by atoms with Gasteiger partial charge in [-0.05, 0) is 0 Å². The number of carbonyl (C=O) groups is 2. The first-order valence-electron chi connectivity index (χ1n) is 5.87. The lowest BCUT2D eigenvalue weighted by atomic mass is 9.96. The zero-order valence-corrected chi connectivity index (χ0v) is 11.8. The van der Waals surface area contributed by atoms with Crippen molar-refractivity contribution in [3.05, 3.63) is 0 Å². The molecule has 6 nitrogen and oxygen atoms in total. The van der Waals surface area contributed by atoms with Crippen LogP contribution < -0.4 is 5.32 Å². The summed E-state index contributed by atoms with van der Waals surface area (Å²) in [5, 5.41) is 12.0.